The molecule has 1 heterocycles. The number of nitrogens with one attached hydrogen (secondary N) is 5. The Morgan fingerprint density at radius 3 is 2.51 bits per heavy atom. The van der Waals surface area contributed by atoms with Crippen molar-refractivity contribution in [3.05, 3.63) is 47.9 Å². The van der Waals surface area contributed by atoms with Gasteiger partial charge in [-0.25, -0.2) is 13.8 Å². The standard InChI is InChI=1S/C28H39F2N7O4/c1-16(33-19-5-9-21(39)10-6-19)34-26-25(13-31)36-28(35-24-11-4-18(29)12-23(24)30)37(26)20-7-2-17(3-8-20)27(41)32-14-22(40)15-38/h4,11-13,17,19-22,31,33-34,38-40H,1-3,5-10,14-15H2,(H,32,41)(H,35,36)/t17?,19?,20?,21?,22-/m1/s1. The fourth-order valence-corrected chi connectivity index (χ4v) is 5.50. The maximum Gasteiger partial charge on any atom is 0.223 e. The summed E-state index contributed by atoms with van der Waals surface area (Å²) in [5.41, 5.74) is 0.309. The van der Waals surface area contributed by atoms with E-state index in [1.54, 1.807) is 0 Å². The topological polar surface area (TPSA) is 168 Å². The number of halogens is 2. The van der Waals surface area contributed by atoms with Crippen LogP contribution in [0, 0.1) is 23.0 Å². The molecule has 11 nitrogen and oxygen atoms in total. The molecule has 1 amide bonds. The highest BCUT2D eigenvalue weighted by Gasteiger charge is 2.31. The van der Waals surface area contributed by atoms with Gasteiger partial charge < -0.3 is 42.0 Å². The summed E-state index contributed by atoms with van der Waals surface area (Å²) >= 11 is 0. The van der Waals surface area contributed by atoms with E-state index in [9.17, 15) is 23.8 Å². The van der Waals surface area contributed by atoms with Crippen LogP contribution in [0.25, 0.3) is 0 Å². The van der Waals surface area contributed by atoms with Crippen LogP contribution in [0.15, 0.2) is 30.6 Å². The van der Waals surface area contributed by atoms with E-state index in [2.05, 4.69) is 32.8 Å². The molecule has 0 bridgehead atoms. The van der Waals surface area contributed by atoms with Gasteiger partial charge in [-0.2, -0.15) is 0 Å². The maximum absolute atomic E-state index is 14.6. The van der Waals surface area contributed by atoms with Gasteiger partial charge in [-0.05, 0) is 63.5 Å². The fourth-order valence-electron chi connectivity index (χ4n) is 5.50. The largest absolute Gasteiger partial charge is 0.394 e. The van der Waals surface area contributed by atoms with E-state index in [0.717, 1.165) is 31.2 Å². The third kappa shape index (κ3) is 7.80. The fraction of sp³-hybridized carbons (Fsp3) is 0.536. The van der Waals surface area contributed by atoms with E-state index < -0.39 is 24.3 Å². The monoisotopic (exact) mass is 575 g/mol. The van der Waals surface area contributed by atoms with Crippen molar-refractivity contribution in [1.82, 2.24) is 20.2 Å². The summed E-state index contributed by atoms with van der Waals surface area (Å²) in [6.45, 7) is 3.64. The van der Waals surface area contributed by atoms with E-state index in [4.69, 9.17) is 10.5 Å². The molecule has 2 saturated carbocycles. The second kappa shape index (κ2) is 13.9. The molecule has 0 unspecified atom stereocenters. The Morgan fingerprint density at radius 2 is 1.88 bits per heavy atom. The summed E-state index contributed by atoms with van der Waals surface area (Å²) < 4.78 is 30.0. The molecule has 13 heteroatoms. The molecule has 0 aliphatic heterocycles. The number of carbonyl (C=O) groups excluding carboxylic acids is 1. The Labute approximate surface area is 237 Å². The van der Waals surface area contributed by atoms with Crippen LogP contribution in [0.1, 0.15) is 63.1 Å². The second-order valence-electron chi connectivity index (χ2n) is 10.8. The zero-order valence-electron chi connectivity index (χ0n) is 22.9. The molecule has 41 heavy (non-hydrogen) atoms. The van der Waals surface area contributed by atoms with Gasteiger partial charge in [0.1, 0.15) is 23.1 Å². The molecular formula is C28H39F2N7O4. The quantitative estimate of drug-likeness (QED) is 0.179. The van der Waals surface area contributed by atoms with Crippen LogP contribution in [-0.4, -0.2) is 68.4 Å². The summed E-state index contributed by atoms with van der Waals surface area (Å²) in [6.07, 6.45) is 4.97. The average molecular weight is 576 g/mol. The summed E-state index contributed by atoms with van der Waals surface area (Å²) in [4.78, 5) is 17.2. The molecule has 0 spiro atoms. The van der Waals surface area contributed by atoms with Crippen LogP contribution in [-0.2, 0) is 4.79 Å². The Morgan fingerprint density at radius 1 is 1.17 bits per heavy atom. The highest BCUT2D eigenvalue weighted by molar-refractivity contribution is 5.84. The van der Waals surface area contributed by atoms with Crippen LogP contribution in [0.3, 0.4) is 0 Å². The molecule has 8 N–H and O–H groups in total. The van der Waals surface area contributed by atoms with E-state index in [0.29, 0.717) is 50.2 Å². The zero-order chi connectivity index (χ0) is 29.5. The number of carbonyl (C=O) groups is 1. The Bertz CT molecular complexity index is 1220. The predicted molar refractivity (Wildman–Crippen MR) is 151 cm³/mol. The van der Waals surface area contributed by atoms with Crippen molar-refractivity contribution in [2.75, 3.05) is 23.8 Å². The van der Waals surface area contributed by atoms with E-state index in [1.165, 1.54) is 6.07 Å². The molecule has 2 fully saturated rings. The number of amides is 1. The molecule has 224 valence electrons. The van der Waals surface area contributed by atoms with Crippen LogP contribution < -0.4 is 21.3 Å². The Kier molecular flexibility index (Phi) is 10.3. The van der Waals surface area contributed by atoms with Crippen molar-refractivity contribution < 1.29 is 28.9 Å². The molecule has 4 rings (SSSR count). The van der Waals surface area contributed by atoms with E-state index in [-0.39, 0.29) is 53.9 Å². The van der Waals surface area contributed by atoms with Gasteiger partial charge >= 0.3 is 0 Å². The van der Waals surface area contributed by atoms with Gasteiger partial charge in [0.2, 0.25) is 11.9 Å². The second-order valence-corrected chi connectivity index (χ2v) is 10.8. The number of aliphatic hydroxyl groups is 3. The summed E-state index contributed by atoms with van der Waals surface area (Å²) in [7, 11) is 0. The smallest absolute Gasteiger partial charge is 0.223 e. The van der Waals surface area contributed by atoms with Crippen LogP contribution in [0.4, 0.5) is 26.2 Å². The number of aliphatic hydroxyl groups excluding tert-OH is 3. The number of aromatic nitrogens is 2. The number of rotatable bonds is 12. The first kappa shape index (κ1) is 30.4. The van der Waals surface area contributed by atoms with Crippen LogP contribution in [0.2, 0.25) is 0 Å². The SMILES string of the molecule is C=C(Nc1c(C=N)nc(Nc2ccc(F)cc2F)n1C1CCC(C(=O)NC[C@@H](O)CO)CC1)NC1CCC(O)CC1. The lowest BCUT2D eigenvalue weighted by atomic mass is 9.85. The molecule has 2 aliphatic carbocycles. The molecule has 1 aromatic carbocycles. The predicted octanol–water partition coefficient (Wildman–Crippen LogP) is 2.88. The number of hydrogen-bond acceptors (Lipinski definition) is 9. The Balaban J connectivity index is 1.56. The lowest BCUT2D eigenvalue weighted by Crippen LogP contribution is -2.39. The number of benzene rings is 1. The molecule has 0 saturated heterocycles. The normalized spacial score (nSPS) is 23.3. The van der Waals surface area contributed by atoms with Gasteiger partial charge in [0.05, 0.1) is 30.3 Å². The lowest BCUT2D eigenvalue weighted by molar-refractivity contribution is -0.126. The van der Waals surface area contributed by atoms with Gasteiger partial charge in [-0.3, -0.25) is 9.36 Å². The third-order valence-electron chi connectivity index (χ3n) is 7.75. The lowest BCUT2D eigenvalue weighted by Gasteiger charge is -2.32. The van der Waals surface area contributed by atoms with Gasteiger partial charge in [-0.15, -0.1) is 0 Å². The van der Waals surface area contributed by atoms with Crippen molar-refractivity contribution in [1.29, 1.82) is 5.41 Å². The first-order chi connectivity index (χ1) is 19.7. The molecule has 0 radical (unpaired) electrons. The summed E-state index contributed by atoms with van der Waals surface area (Å²) in [6, 6.07) is 3.15. The first-order valence-electron chi connectivity index (χ1n) is 14.0. The minimum absolute atomic E-state index is 0.0222. The highest BCUT2D eigenvalue weighted by Crippen LogP contribution is 2.39. The van der Waals surface area contributed by atoms with E-state index in [1.807, 2.05) is 4.57 Å². The Hall–Kier alpha value is -3.55. The molecular weight excluding hydrogens is 536 g/mol. The molecule has 2 aliphatic rings. The third-order valence-corrected chi connectivity index (χ3v) is 7.75. The van der Waals surface area contributed by atoms with Crippen LogP contribution in [0.5, 0.6) is 0 Å². The maximum atomic E-state index is 14.6. The molecule has 2 aromatic rings. The summed E-state index contributed by atoms with van der Waals surface area (Å²) in [5, 5.41) is 48.6. The first-order valence-corrected chi connectivity index (χ1v) is 14.0. The van der Waals surface area contributed by atoms with Gasteiger partial charge in [0, 0.05) is 36.8 Å². The van der Waals surface area contributed by atoms with Crippen molar-refractivity contribution in [3.63, 3.8) is 0 Å². The van der Waals surface area contributed by atoms with Gasteiger partial charge in [-0.1, -0.05) is 6.58 Å². The summed E-state index contributed by atoms with van der Waals surface area (Å²) in [5.74, 6) is -0.751. The van der Waals surface area contributed by atoms with Gasteiger partial charge in [0.25, 0.3) is 0 Å². The zero-order valence-corrected chi connectivity index (χ0v) is 22.9. The number of hydrogen-bond donors (Lipinski definition) is 8. The van der Waals surface area contributed by atoms with Crippen molar-refractivity contribution >= 4 is 29.6 Å². The van der Waals surface area contributed by atoms with Crippen molar-refractivity contribution in [3.8, 4) is 0 Å². The van der Waals surface area contributed by atoms with Crippen molar-refractivity contribution in [2.24, 2.45) is 5.92 Å². The number of nitrogens with zero attached hydrogens (tertiary/aromatic N) is 2. The van der Waals surface area contributed by atoms with Crippen molar-refractivity contribution in [2.45, 2.75) is 75.7 Å². The van der Waals surface area contributed by atoms with E-state index >= 15 is 0 Å². The van der Waals surface area contributed by atoms with Crippen LogP contribution >= 0.6 is 0 Å². The molecule has 1 aromatic heterocycles. The molecule has 1 atom stereocenters. The highest BCUT2D eigenvalue weighted by atomic mass is 19.1. The minimum atomic E-state index is -1.02. The average Bonchev–Trinajstić information content (AvgIpc) is 3.30. The van der Waals surface area contributed by atoms with Gasteiger partial charge in [0.15, 0.2) is 0 Å². The number of imidazole rings is 1. The number of anilines is 3. The minimum Gasteiger partial charge on any atom is -0.394 e.